The third-order valence-corrected chi connectivity index (χ3v) is 9.66. The Kier molecular flexibility index (Phi) is 5.11. The molecule has 0 aromatic rings. The Morgan fingerprint density at radius 2 is 1.42 bits per heavy atom. The van der Waals surface area contributed by atoms with Crippen molar-refractivity contribution in [2.45, 2.75) is 55.7 Å². The van der Waals surface area contributed by atoms with Gasteiger partial charge in [-0.3, -0.25) is 0 Å². The lowest BCUT2D eigenvalue weighted by Gasteiger charge is -2.40. The molecule has 2 aliphatic carbocycles. The van der Waals surface area contributed by atoms with Gasteiger partial charge in [0.25, 0.3) is 5.60 Å². The van der Waals surface area contributed by atoms with Crippen LogP contribution in [0, 0.1) is 17.8 Å². The van der Waals surface area contributed by atoms with Gasteiger partial charge in [0.05, 0.1) is 0 Å². The second-order valence-electron chi connectivity index (χ2n) is 7.08. The fraction of sp³-hybridized carbons (Fsp3) is 1.00. The van der Waals surface area contributed by atoms with E-state index in [9.17, 15) is 31.4 Å². The van der Waals surface area contributed by atoms with Gasteiger partial charge in [-0.2, -0.15) is 26.3 Å². The van der Waals surface area contributed by atoms with Gasteiger partial charge in [-0.15, -0.1) is 0 Å². The van der Waals surface area contributed by atoms with Crippen LogP contribution in [0.25, 0.3) is 0 Å². The van der Waals surface area contributed by atoms with Crippen molar-refractivity contribution in [3.8, 4) is 0 Å². The molecule has 2 bridgehead atoms. The van der Waals surface area contributed by atoms with Crippen LogP contribution in [0.2, 0.25) is 12.1 Å². The first-order chi connectivity index (χ1) is 10.8. The lowest BCUT2D eigenvalue weighted by molar-refractivity contribution is -0.373. The highest BCUT2D eigenvalue weighted by Crippen LogP contribution is 2.61. The van der Waals surface area contributed by atoms with Gasteiger partial charge in [-0.1, -0.05) is 0 Å². The average Bonchev–Trinajstić information content (AvgIpc) is 3.04. The maximum atomic E-state index is 12.9. The Morgan fingerprint density at radius 1 is 0.917 bits per heavy atom. The zero-order chi connectivity index (χ0) is 18.6. The minimum Gasteiger partial charge on any atom is -0.398 e. The zero-order valence-corrected chi connectivity index (χ0v) is 14.7. The van der Waals surface area contributed by atoms with Crippen molar-refractivity contribution in [2.75, 3.05) is 14.2 Å². The smallest absolute Gasteiger partial charge is 0.398 e. The summed E-state index contributed by atoms with van der Waals surface area (Å²) in [6.07, 6.45) is -11.5. The molecule has 3 nitrogen and oxygen atoms in total. The topological polar surface area (TPSA) is 38.7 Å². The van der Waals surface area contributed by atoms with Crippen molar-refractivity contribution in [1.29, 1.82) is 0 Å². The van der Waals surface area contributed by atoms with Crippen molar-refractivity contribution in [3.05, 3.63) is 0 Å². The van der Waals surface area contributed by atoms with Crippen molar-refractivity contribution in [3.63, 3.8) is 0 Å². The van der Waals surface area contributed by atoms with Gasteiger partial charge in [0, 0.05) is 19.8 Å². The summed E-state index contributed by atoms with van der Waals surface area (Å²) in [6.45, 7) is 1.86. The molecule has 0 radical (unpaired) electrons. The maximum Gasteiger partial charge on any atom is 0.426 e. The molecule has 4 unspecified atom stereocenters. The van der Waals surface area contributed by atoms with Crippen LogP contribution in [0.4, 0.5) is 26.3 Å². The predicted molar refractivity (Wildman–Crippen MR) is 75.4 cm³/mol. The van der Waals surface area contributed by atoms with Crippen LogP contribution in [-0.4, -0.2) is 45.8 Å². The molecule has 2 saturated carbocycles. The molecule has 0 spiro atoms. The lowest BCUT2D eigenvalue weighted by atomic mass is 9.79. The van der Waals surface area contributed by atoms with Crippen LogP contribution in [-0.2, 0) is 8.85 Å². The third kappa shape index (κ3) is 3.10. The normalized spacial score (nSPS) is 31.8. The van der Waals surface area contributed by atoms with Crippen LogP contribution >= 0.6 is 0 Å². The fourth-order valence-corrected chi connectivity index (χ4v) is 7.08. The molecule has 142 valence electrons. The van der Waals surface area contributed by atoms with E-state index in [1.54, 1.807) is 0 Å². The van der Waals surface area contributed by atoms with E-state index in [0.717, 1.165) is 0 Å². The Hall–Kier alpha value is -0.323. The van der Waals surface area contributed by atoms with Crippen molar-refractivity contribution < 1.29 is 40.3 Å². The molecule has 10 heteroatoms. The number of hydrogen-bond donors (Lipinski definition) is 1. The second-order valence-corrected chi connectivity index (χ2v) is 10.7. The number of hydrogen-bond acceptors (Lipinski definition) is 3. The van der Waals surface area contributed by atoms with Crippen molar-refractivity contribution in [1.82, 2.24) is 0 Å². The summed E-state index contributed by atoms with van der Waals surface area (Å²) in [5.74, 6) is -1.08. The van der Waals surface area contributed by atoms with E-state index in [1.807, 2.05) is 6.55 Å². The molecule has 2 aliphatic rings. The Balaban J connectivity index is 2.14. The molecule has 0 aromatic carbocycles. The Bertz CT molecular complexity index is 448. The van der Waals surface area contributed by atoms with Gasteiger partial charge < -0.3 is 14.0 Å². The predicted octanol–water partition coefficient (Wildman–Crippen LogP) is 4.01. The molecule has 0 heterocycles. The molecule has 2 fully saturated rings. The van der Waals surface area contributed by atoms with Crippen LogP contribution in [0.5, 0.6) is 0 Å². The highest BCUT2D eigenvalue weighted by atomic mass is 28.4. The molecule has 4 atom stereocenters. The van der Waals surface area contributed by atoms with Gasteiger partial charge in [-0.25, -0.2) is 0 Å². The summed E-state index contributed by atoms with van der Waals surface area (Å²) in [7, 11) is 0.552. The molecule has 1 N–H and O–H groups in total. The zero-order valence-electron chi connectivity index (χ0n) is 13.7. The van der Waals surface area contributed by atoms with E-state index in [2.05, 4.69) is 0 Å². The number of aliphatic hydroxyl groups is 1. The number of rotatable bonds is 5. The van der Waals surface area contributed by atoms with E-state index in [4.69, 9.17) is 8.85 Å². The van der Waals surface area contributed by atoms with Crippen molar-refractivity contribution >= 4 is 8.56 Å². The molecular weight excluding hydrogens is 358 g/mol. The molecule has 0 aromatic heterocycles. The van der Waals surface area contributed by atoms with Gasteiger partial charge in [0.2, 0.25) is 0 Å². The maximum absolute atomic E-state index is 12.9. The van der Waals surface area contributed by atoms with Crippen LogP contribution in [0.3, 0.4) is 0 Å². The van der Waals surface area contributed by atoms with E-state index in [-0.39, 0.29) is 23.8 Å². The summed E-state index contributed by atoms with van der Waals surface area (Å²) in [4.78, 5) is 0. The number of halogens is 6. The second kappa shape index (κ2) is 6.13. The van der Waals surface area contributed by atoms with E-state index in [1.165, 1.54) is 14.2 Å². The third-order valence-electron chi connectivity index (χ3n) is 5.98. The standard InChI is InChI=1S/C14H22F6O3Si/c1-22-24(3,23-2)11-6-8-4-9(11)5-10(8)7-12(21,13(15,16)17)14(18,19)20/h8-11,21H,4-7H2,1-3H3. The SMILES string of the molecule is CO[Si](C)(OC)C1CC2CC1CC2CC(O)(C(F)(F)F)C(F)(F)F. The largest absolute Gasteiger partial charge is 0.426 e. The monoisotopic (exact) mass is 380 g/mol. The Labute approximate surface area is 137 Å². The Morgan fingerprint density at radius 3 is 1.75 bits per heavy atom. The minimum absolute atomic E-state index is 0.0118. The summed E-state index contributed by atoms with van der Waals surface area (Å²) < 4.78 is 88.2. The van der Waals surface area contributed by atoms with E-state index < -0.39 is 38.9 Å². The van der Waals surface area contributed by atoms with E-state index >= 15 is 0 Å². The van der Waals surface area contributed by atoms with Gasteiger partial charge in [-0.05, 0) is 50.0 Å². The number of alkyl halides is 6. The first-order valence-electron chi connectivity index (χ1n) is 7.75. The van der Waals surface area contributed by atoms with Gasteiger partial charge in [0.1, 0.15) is 0 Å². The van der Waals surface area contributed by atoms with E-state index in [0.29, 0.717) is 12.8 Å². The van der Waals surface area contributed by atoms with Crippen molar-refractivity contribution in [2.24, 2.45) is 17.8 Å². The highest BCUT2D eigenvalue weighted by molar-refractivity contribution is 6.67. The summed E-state index contributed by atoms with van der Waals surface area (Å²) in [5, 5.41) is 9.40. The summed E-state index contributed by atoms with van der Waals surface area (Å²) in [6, 6.07) is 0. The highest BCUT2D eigenvalue weighted by Gasteiger charge is 2.71. The first-order valence-corrected chi connectivity index (χ1v) is 10.1. The summed E-state index contributed by atoms with van der Waals surface area (Å²) in [5.41, 5.74) is -4.59. The van der Waals surface area contributed by atoms with Gasteiger partial charge >= 0.3 is 20.9 Å². The molecule has 24 heavy (non-hydrogen) atoms. The number of fused-ring (bicyclic) bond motifs is 2. The first kappa shape index (κ1) is 20.0. The van der Waals surface area contributed by atoms with Gasteiger partial charge in [0.15, 0.2) is 0 Å². The summed E-state index contributed by atoms with van der Waals surface area (Å²) >= 11 is 0. The molecule has 0 saturated heterocycles. The quantitative estimate of drug-likeness (QED) is 0.579. The van der Waals surface area contributed by atoms with Crippen LogP contribution < -0.4 is 0 Å². The lowest BCUT2D eigenvalue weighted by Crippen LogP contribution is -2.58. The molecule has 2 rings (SSSR count). The molecule has 0 amide bonds. The molecular formula is C14H22F6O3Si. The fourth-order valence-electron chi connectivity index (χ4n) is 4.44. The van der Waals surface area contributed by atoms with Crippen LogP contribution in [0.1, 0.15) is 25.7 Å². The van der Waals surface area contributed by atoms with Crippen LogP contribution in [0.15, 0.2) is 0 Å². The molecule has 0 aliphatic heterocycles. The average molecular weight is 380 g/mol. The minimum atomic E-state index is -5.74.